The molecule has 10 nitrogen and oxygen atoms in total. The summed E-state index contributed by atoms with van der Waals surface area (Å²) in [6.07, 6.45) is 1.87. The lowest BCUT2D eigenvalue weighted by Crippen LogP contribution is -2.56. The molecular formula is C34H40FN7O3. The van der Waals surface area contributed by atoms with Gasteiger partial charge < -0.3 is 35.6 Å². The molecule has 236 valence electrons. The van der Waals surface area contributed by atoms with E-state index >= 15 is 0 Å². The average Bonchev–Trinajstić information content (AvgIpc) is 3.47. The van der Waals surface area contributed by atoms with E-state index in [1.807, 2.05) is 62.4 Å². The van der Waals surface area contributed by atoms with Crippen molar-refractivity contribution in [1.29, 1.82) is 0 Å². The lowest BCUT2D eigenvalue weighted by Gasteiger charge is -2.37. The number of amides is 4. The number of urea groups is 1. The van der Waals surface area contributed by atoms with E-state index in [9.17, 15) is 18.8 Å². The minimum absolute atomic E-state index is 0.294. The number of hydrogen-bond acceptors (Lipinski definition) is 5. The number of carbonyl (C=O) groups excluding carboxylic acids is 3. The molecule has 4 aromatic rings. The number of aromatic amines is 1. The van der Waals surface area contributed by atoms with Gasteiger partial charge in [0.05, 0.1) is 11.3 Å². The second-order valence-electron chi connectivity index (χ2n) is 11.6. The third kappa shape index (κ3) is 7.26. The van der Waals surface area contributed by atoms with Gasteiger partial charge in [0.15, 0.2) is 0 Å². The normalized spacial score (nSPS) is 14.7. The van der Waals surface area contributed by atoms with E-state index in [0.29, 0.717) is 44.0 Å². The van der Waals surface area contributed by atoms with Gasteiger partial charge in [-0.05, 0) is 67.7 Å². The van der Waals surface area contributed by atoms with Gasteiger partial charge in [-0.2, -0.15) is 0 Å². The molecule has 0 saturated carbocycles. The smallest absolute Gasteiger partial charge is 0.318 e. The van der Waals surface area contributed by atoms with Crippen molar-refractivity contribution < 1.29 is 18.8 Å². The van der Waals surface area contributed by atoms with Crippen molar-refractivity contribution in [3.8, 4) is 0 Å². The average molecular weight is 614 g/mol. The summed E-state index contributed by atoms with van der Waals surface area (Å²) in [5.74, 6) is -1.47. The highest BCUT2D eigenvalue weighted by molar-refractivity contribution is 6.06. The summed E-state index contributed by atoms with van der Waals surface area (Å²) >= 11 is 0. The molecule has 0 aliphatic carbocycles. The van der Waals surface area contributed by atoms with Crippen molar-refractivity contribution in [3.63, 3.8) is 0 Å². The molecule has 1 saturated heterocycles. The summed E-state index contributed by atoms with van der Waals surface area (Å²) in [6, 6.07) is 18.2. The number of H-pyrrole nitrogens is 1. The fourth-order valence-electron chi connectivity index (χ4n) is 5.81. The van der Waals surface area contributed by atoms with E-state index in [1.165, 1.54) is 12.1 Å². The molecule has 0 spiro atoms. The highest BCUT2D eigenvalue weighted by Crippen LogP contribution is 2.29. The minimum atomic E-state index is -0.957. The van der Waals surface area contributed by atoms with E-state index in [2.05, 4.69) is 25.8 Å². The van der Waals surface area contributed by atoms with Gasteiger partial charge in [0, 0.05) is 68.5 Å². The van der Waals surface area contributed by atoms with Crippen LogP contribution in [0.15, 0.2) is 72.9 Å². The number of piperazine rings is 1. The predicted molar refractivity (Wildman–Crippen MR) is 175 cm³/mol. The summed E-state index contributed by atoms with van der Waals surface area (Å²) in [5, 5.41) is 9.59. The molecule has 0 bridgehead atoms. The van der Waals surface area contributed by atoms with Crippen molar-refractivity contribution in [2.75, 3.05) is 57.5 Å². The molecular weight excluding hydrogens is 573 g/mol. The second kappa shape index (κ2) is 13.8. The predicted octanol–water partition coefficient (Wildman–Crippen LogP) is 4.37. The van der Waals surface area contributed by atoms with Gasteiger partial charge in [-0.3, -0.25) is 9.59 Å². The van der Waals surface area contributed by atoms with Gasteiger partial charge in [0.25, 0.3) is 5.91 Å². The Morgan fingerprint density at radius 1 is 0.978 bits per heavy atom. The third-order valence-corrected chi connectivity index (χ3v) is 8.24. The Morgan fingerprint density at radius 2 is 1.69 bits per heavy atom. The maximum atomic E-state index is 14.1. The maximum absolute atomic E-state index is 14.1. The topological polar surface area (TPSA) is 113 Å². The summed E-state index contributed by atoms with van der Waals surface area (Å²) in [4.78, 5) is 49.6. The number of benzene rings is 3. The Kier molecular flexibility index (Phi) is 9.68. The summed E-state index contributed by atoms with van der Waals surface area (Å²) in [7, 11) is 5.43. The Hall–Kier alpha value is -4.90. The Labute approximate surface area is 262 Å². The standard InChI is InChI=1S/C34H40FN7O3/c1-22(28-20-37-29-8-6-5-7-26(28)29)31(33(44)38-30-19-23(21-40(3)4)9-14-27(30)32(43)36-2)39-34(45)42-17-15-41(16-18-42)25-12-10-24(35)11-13-25/h5-14,19-20,22,31,37H,15-18,21H2,1-4H3,(H,36,43)(H,38,44)(H,39,45). The lowest BCUT2D eigenvalue weighted by molar-refractivity contribution is -0.118. The van der Waals surface area contributed by atoms with Crippen LogP contribution < -0.4 is 20.9 Å². The van der Waals surface area contributed by atoms with Crippen LogP contribution in [0.3, 0.4) is 0 Å². The number of para-hydroxylation sites is 1. The van der Waals surface area contributed by atoms with E-state index in [1.54, 1.807) is 36.2 Å². The number of hydrogen-bond donors (Lipinski definition) is 4. The number of aromatic nitrogens is 1. The highest BCUT2D eigenvalue weighted by Gasteiger charge is 2.33. The van der Waals surface area contributed by atoms with Crippen LogP contribution in [0, 0.1) is 5.82 Å². The molecule has 1 aliphatic rings. The lowest BCUT2D eigenvalue weighted by atomic mass is 9.92. The van der Waals surface area contributed by atoms with Crippen LogP contribution in [-0.2, 0) is 11.3 Å². The quantitative estimate of drug-likeness (QED) is 0.224. The monoisotopic (exact) mass is 613 g/mol. The molecule has 1 aliphatic heterocycles. The SMILES string of the molecule is CNC(=O)c1ccc(CN(C)C)cc1NC(=O)C(NC(=O)N1CCN(c2ccc(F)cc2)CC1)C(C)c1c[nH]c2ccccc12. The zero-order chi connectivity index (χ0) is 32.1. The molecule has 0 radical (unpaired) electrons. The molecule has 1 fully saturated rings. The van der Waals surface area contributed by atoms with E-state index < -0.39 is 17.9 Å². The first kappa shape index (κ1) is 31.5. The molecule has 4 amide bonds. The molecule has 11 heteroatoms. The highest BCUT2D eigenvalue weighted by atomic mass is 19.1. The van der Waals surface area contributed by atoms with Crippen LogP contribution in [0.5, 0.6) is 0 Å². The van der Waals surface area contributed by atoms with Crippen LogP contribution in [0.1, 0.15) is 34.3 Å². The van der Waals surface area contributed by atoms with Crippen LogP contribution in [0.25, 0.3) is 10.9 Å². The molecule has 3 aromatic carbocycles. The van der Waals surface area contributed by atoms with Crippen LogP contribution in [0.4, 0.5) is 20.6 Å². The van der Waals surface area contributed by atoms with Crippen LogP contribution in [-0.4, -0.2) is 86.0 Å². The number of carbonyl (C=O) groups is 3. The summed E-state index contributed by atoms with van der Waals surface area (Å²) in [5.41, 5.74) is 4.34. The van der Waals surface area contributed by atoms with Gasteiger partial charge in [0.1, 0.15) is 11.9 Å². The maximum Gasteiger partial charge on any atom is 0.318 e. The first-order chi connectivity index (χ1) is 21.6. The molecule has 5 rings (SSSR count). The van der Waals surface area contributed by atoms with Crippen molar-refractivity contribution in [2.24, 2.45) is 0 Å². The molecule has 45 heavy (non-hydrogen) atoms. The van der Waals surface area contributed by atoms with Crippen LogP contribution in [0.2, 0.25) is 0 Å². The Balaban J connectivity index is 1.39. The number of rotatable bonds is 9. The Morgan fingerprint density at radius 3 is 2.38 bits per heavy atom. The zero-order valence-corrected chi connectivity index (χ0v) is 26.1. The zero-order valence-electron chi connectivity index (χ0n) is 26.1. The first-order valence-electron chi connectivity index (χ1n) is 15.1. The van der Waals surface area contributed by atoms with Gasteiger partial charge in [-0.25, -0.2) is 9.18 Å². The van der Waals surface area contributed by atoms with E-state index in [4.69, 9.17) is 0 Å². The number of fused-ring (bicyclic) bond motifs is 1. The van der Waals surface area contributed by atoms with Crippen molar-refractivity contribution >= 4 is 40.1 Å². The number of halogens is 1. The van der Waals surface area contributed by atoms with E-state index in [0.717, 1.165) is 27.7 Å². The molecule has 2 heterocycles. The van der Waals surface area contributed by atoms with E-state index in [-0.39, 0.29) is 17.8 Å². The van der Waals surface area contributed by atoms with Crippen molar-refractivity contribution in [1.82, 2.24) is 25.4 Å². The minimum Gasteiger partial charge on any atom is -0.368 e. The molecule has 2 unspecified atom stereocenters. The van der Waals surface area contributed by atoms with Gasteiger partial charge in [-0.1, -0.05) is 31.2 Å². The molecule has 2 atom stereocenters. The van der Waals surface area contributed by atoms with Crippen LogP contribution >= 0.6 is 0 Å². The summed E-state index contributed by atoms with van der Waals surface area (Å²) in [6.45, 7) is 4.55. The fraction of sp³-hybridized carbons (Fsp3) is 0.324. The van der Waals surface area contributed by atoms with Crippen molar-refractivity contribution in [2.45, 2.75) is 25.4 Å². The molecule has 1 aromatic heterocycles. The van der Waals surface area contributed by atoms with Crippen molar-refractivity contribution in [3.05, 3.63) is 95.4 Å². The van der Waals surface area contributed by atoms with Gasteiger partial charge in [0.2, 0.25) is 5.91 Å². The Bertz CT molecular complexity index is 1660. The largest absolute Gasteiger partial charge is 0.368 e. The first-order valence-corrected chi connectivity index (χ1v) is 15.1. The number of anilines is 2. The third-order valence-electron chi connectivity index (χ3n) is 8.24. The number of nitrogens with zero attached hydrogens (tertiary/aromatic N) is 3. The molecule has 4 N–H and O–H groups in total. The number of nitrogens with one attached hydrogen (secondary N) is 4. The summed E-state index contributed by atoms with van der Waals surface area (Å²) < 4.78 is 13.4. The fourth-order valence-corrected chi connectivity index (χ4v) is 5.81. The van der Waals surface area contributed by atoms with Gasteiger partial charge >= 0.3 is 6.03 Å². The second-order valence-corrected chi connectivity index (χ2v) is 11.6. The van der Waals surface area contributed by atoms with Gasteiger partial charge in [-0.15, -0.1) is 0 Å².